The number of methoxy groups -OCH3 is 1. The van der Waals surface area contributed by atoms with E-state index in [1.165, 1.54) is 6.07 Å². The van der Waals surface area contributed by atoms with E-state index < -0.39 is 6.10 Å². The zero-order valence-electron chi connectivity index (χ0n) is 12.9. The minimum atomic E-state index is -0.631. The summed E-state index contributed by atoms with van der Waals surface area (Å²) >= 11 is 0. The lowest BCUT2D eigenvalue weighted by atomic mass is 10.0. The van der Waals surface area contributed by atoms with E-state index in [9.17, 15) is 9.50 Å². The third kappa shape index (κ3) is 5.19. The Morgan fingerprint density at radius 2 is 2.00 bits per heavy atom. The van der Waals surface area contributed by atoms with E-state index in [1.807, 2.05) is 0 Å². The Balaban J connectivity index is 2.55. The summed E-state index contributed by atoms with van der Waals surface area (Å²) in [6.45, 7) is 8.23. The molecule has 3 nitrogen and oxygen atoms in total. The second-order valence-corrected chi connectivity index (χ2v) is 5.44. The lowest BCUT2D eigenvalue weighted by molar-refractivity contribution is 0.102. The maximum atomic E-state index is 13.5. The maximum absolute atomic E-state index is 13.5. The van der Waals surface area contributed by atoms with Crippen LogP contribution < -0.4 is 0 Å². The molecule has 0 fully saturated rings. The van der Waals surface area contributed by atoms with Gasteiger partial charge in [-0.05, 0) is 44.4 Å². The second-order valence-electron chi connectivity index (χ2n) is 5.44. The summed E-state index contributed by atoms with van der Waals surface area (Å²) in [5.41, 5.74) is 1.24. The van der Waals surface area contributed by atoms with Crippen LogP contribution in [0.5, 0.6) is 0 Å². The first-order valence-electron chi connectivity index (χ1n) is 7.12. The van der Waals surface area contributed by atoms with Crippen molar-refractivity contribution in [3.63, 3.8) is 0 Å². The van der Waals surface area contributed by atoms with Gasteiger partial charge in [0.25, 0.3) is 0 Å². The van der Waals surface area contributed by atoms with Gasteiger partial charge in [-0.15, -0.1) is 0 Å². The normalized spacial score (nSPS) is 13.2. The first kappa shape index (κ1) is 17.1. The van der Waals surface area contributed by atoms with Gasteiger partial charge < -0.3 is 9.84 Å². The Hall–Kier alpha value is -0.970. The lowest BCUT2D eigenvalue weighted by Crippen LogP contribution is -2.35. The molecule has 0 aromatic heterocycles. The molecular formula is C16H26FNO2. The number of nitrogens with zero attached hydrogens (tertiary/aromatic N) is 1. The monoisotopic (exact) mass is 283 g/mol. The highest BCUT2D eigenvalue weighted by Gasteiger charge is 2.14. The molecule has 0 radical (unpaired) electrons. The molecule has 0 heterocycles. The summed E-state index contributed by atoms with van der Waals surface area (Å²) in [6, 6.07) is 5.32. The Bertz CT molecular complexity index is 409. The predicted octanol–water partition coefficient (Wildman–Crippen LogP) is 2.91. The van der Waals surface area contributed by atoms with Gasteiger partial charge in [0.15, 0.2) is 0 Å². The van der Waals surface area contributed by atoms with E-state index in [1.54, 1.807) is 26.2 Å². The SMILES string of the molecule is COCCN(CCC(O)c1ccc(C)c(F)c1)C(C)C. The van der Waals surface area contributed by atoms with Gasteiger partial charge in [0.1, 0.15) is 5.82 Å². The molecule has 0 amide bonds. The molecule has 1 rings (SSSR count). The molecule has 0 saturated heterocycles. The van der Waals surface area contributed by atoms with Crippen molar-refractivity contribution >= 4 is 0 Å². The number of aliphatic hydroxyl groups is 1. The van der Waals surface area contributed by atoms with Gasteiger partial charge in [0.2, 0.25) is 0 Å². The largest absolute Gasteiger partial charge is 0.388 e. The molecule has 0 aliphatic rings. The molecule has 0 bridgehead atoms. The number of aryl methyl sites for hydroxylation is 1. The van der Waals surface area contributed by atoms with Crippen molar-refractivity contribution in [2.75, 3.05) is 26.8 Å². The molecule has 1 unspecified atom stereocenters. The first-order chi connectivity index (χ1) is 9.45. The van der Waals surface area contributed by atoms with Crippen molar-refractivity contribution in [1.82, 2.24) is 4.90 Å². The van der Waals surface area contributed by atoms with Gasteiger partial charge in [0, 0.05) is 26.2 Å². The molecule has 4 heteroatoms. The molecule has 1 N–H and O–H groups in total. The van der Waals surface area contributed by atoms with Gasteiger partial charge in [-0.2, -0.15) is 0 Å². The van der Waals surface area contributed by atoms with E-state index in [0.29, 0.717) is 30.2 Å². The van der Waals surface area contributed by atoms with Crippen molar-refractivity contribution in [2.45, 2.75) is 39.3 Å². The van der Waals surface area contributed by atoms with Crippen LogP contribution in [0, 0.1) is 12.7 Å². The van der Waals surface area contributed by atoms with Crippen LogP contribution in [-0.2, 0) is 4.74 Å². The molecule has 20 heavy (non-hydrogen) atoms. The van der Waals surface area contributed by atoms with E-state index in [4.69, 9.17) is 4.74 Å². The van der Waals surface area contributed by atoms with Crippen molar-refractivity contribution in [3.05, 3.63) is 35.1 Å². The van der Waals surface area contributed by atoms with Crippen LogP contribution in [0.25, 0.3) is 0 Å². The minimum Gasteiger partial charge on any atom is -0.388 e. The average Bonchev–Trinajstić information content (AvgIpc) is 2.41. The zero-order chi connectivity index (χ0) is 15.1. The van der Waals surface area contributed by atoms with Gasteiger partial charge in [-0.25, -0.2) is 4.39 Å². The lowest BCUT2D eigenvalue weighted by Gasteiger charge is -2.27. The first-order valence-corrected chi connectivity index (χ1v) is 7.12. The second kappa shape index (κ2) is 8.35. The molecule has 1 aromatic carbocycles. The highest BCUT2D eigenvalue weighted by molar-refractivity contribution is 5.24. The number of halogens is 1. The van der Waals surface area contributed by atoms with Crippen LogP contribution in [0.2, 0.25) is 0 Å². The molecule has 1 aromatic rings. The number of aliphatic hydroxyl groups excluding tert-OH is 1. The minimum absolute atomic E-state index is 0.262. The molecular weight excluding hydrogens is 257 g/mol. The van der Waals surface area contributed by atoms with Gasteiger partial charge >= 0.3 is 0 Å². The van der Waals surface area contributed by atoms with Crippen LogP contribution in [0.4, 0.5) is 4.39 Å². The summed E-state index contributed by atoms with van der Waals surface area (Å²) in [5, 5.41) is 10.2. The highest BCUT2D eigenvalue weighted by atomic mass is 19.1. The van der Waals surface area contributed by atoms with E-state index >= 15 is 0 Å². The fourth-order valence-electron chi connectivity index (χ4n) is 2.11. The quantitative estimate of drug-likeness (QED) is 0.796. The van der Waals surface area contributed by atoms with E-state index in [0.717, 1.165) is 13.1 Å². The molecule has 1 atom stereocenters. The zero-order valence-corrected chi connectivity index (χ0v) is 12.9. The topological polar surface area (TPSA) is 32.7 Å². The Labute approximate surface area is 121 Å². The fourth-order valence-corrected chi connectivity index (χ4v) is 2.11. The van der Waals surface area contributed by atoms with Crippen LogP contribution in [0.15, 0.2) is 18.2 Å². The average molecular weight is 283 g/mol. The van der Waals surface area contributed by atoms with Gasteiger partial charge in [-0.1, -0.05) is 12.1 Å². The van der Waals surface area contributed by atoms with Crippen molar-refractivity contribution in [2.24, 2.45) is 0 Å². The Morgan fingerprint density at radius 3 is 2.55 bits per heavy atom. The number of ether oxygens (including phenoxy) is 1. The molecule has 0 aliphatic carbocycles. The highest BCUT2D eigenvalue weighted by Crippen LogP contribution is 2.20. The van der Waals surface area contributed by atoms with Crippen molar-refractivity contribution in [1.29, 1.82) is 0 Å². The maximum Gasteiger partial charge on any atom is 0.126 e. The van der Waals surface area contributed by atoms with Crippen molar-refractivity contribution < 1.29 is 14.2 Å². The molecule has 0 aliphatic heterocycles. The van der Waals surface area contributed by atoms with Crippen LogP contribution >= 0.6 is 0 Å². The molecule has 0 spiro atoms. The van der Waals surface area contributed by atoms with Crippen LogP contribution in [-0.4, -0.2) is 42.9 Å². The Morgan fingerprint density at radius 1 is 1.30 bits per heavy atom. The third-order valence-electron chi connectivity index (χ3n) is 3.58. The van der Waals surface area contributed by atoms with Gasteiger partial charge in [-0.3, -0.25) is 4.90 Å². The van der Waals surface area contributed by atoms with E-state index in [2.05, 4.69) is 18.7 Å². The van der Waals surface area contributed by atoms with E-state index in [-0.39, 0.29) is 5.82 Å². The smallest absolute Gasteiger partial charge is 0.126 e. The predicted molar refractivity (Wildman–Crippen MR) is 79.3 cm³/mol. The number of hydrogen-bond donors (Lipinski definition) is 1. The van der Waals surface area contributed by atoms with Crippen molar-refractivity contribution in [3.8, 4) is 0 Å². The van der Waals surface area contributed by atoms with Crippen LogP contribution in [0.3, 0.4) is 0 Å². The summed E-state index contributed by atoms with van der Waals surface area (Å²) < 4.78 is 18.6. The fraction of sp³-hybridized carbons (Fsp3) is 0.625. The Kier molecular flexibility index (Phi) is 7.13. The molecule has 114 valence electrons. The summed E-state index contributed by atoms with van der Waals surface area (Å²) in [4.78, 5) is 2.25. The number of hydrogen-bond acceptors (Lipinski definition) is 3. The van der Waals surface area contributed by atoms with Gasteiger partial charge in [0.05, 0.1) is 12.7 Å². The third-order valence-corrected chi connectivity index (χ3v) is 3.58. The summed E-state index contributed by atoms with van der Waals surface area (Å²) in [6.07, 6.45) is -0.0430. The van der Waals surface area contributed by atoms with Crippen LogP contribution in [0.1, 0.15) is 37.5 Å². The summed E-state index contributed by atoms with van der Waals surface area (Å²) in [7, 11) is 1.68. The standard InChI is InChI=1S/C16H26FNO2/c1-12(2)18(9-10-20-4)8-7-16(19)14-6-5-13(3)15(17)11-14/h5-6,11-12,16,19H,7-10H2,1-4H3. The summed E-state index contributed by atoms with van der Waals surface area (Å²) in [5.74, 6) is -0.262. The number of rotatable bonds is 8. The number of benzene rings is 1. The molecule has 0 saturated carbocycles.